The van der Waals surface area contributed by atoms with E-state index in [4.69, 9.17) is 5.73 Å². The Morgan fingerprint density at radius 2 is 1.77 bits per heavy atom. The van der Waals surface area contributed by atoms with E-state index in [0.717, 1.165) is 16.5 Å². The SMILES string of the molecule is Nc1nccc2cc(Nc3ncnc(-c4ccc(F)cc4)c3O)ccc12. The Morgan fingerprint density at radius 1 is 0.962 bits per heavy atom. The van der Waals surface area contributed by atoms with E-state index in [2.05, 4.69) is 20.3 Å². The summed E-state index contributed by atoms with van der Waals surface area (Å²) in [5.41, 5.74) is 7.49. The molecule has 0 atom stereocenters. The minimum absolute atomic E-state index is 0.117. The third kappa shape index (κ3) is 2.86. The fraction of sp³-hybridized carbons (Fsp3) is 0. The fourth-order valence-corrected chi connectivity index (χ4v) is 2.71. The highest BCUT2D eigenvalue weighted by Gasteiger charge is 2.13. The average molecular weight is 347 g/mol. The molecule has 2 aromatic carbocycles. The van der Waals surface area contributed by atoms with E-state index in [-0.39, 0.29) is 17.4 Å². The van der Waals surface area contributed by atoms with Crippen LogP contribution < -0.4 is 11.1 Å². The van der Waals surface area contributed by atoms with E-state index in [0.29, 0.717) is 17.1 Å². The van der Waals surface area contributed by atoms with Crippen LogP contribution in [0.4, 0.5) is 21.7 Å². The Kier molecular flexibility index (Phi) is 3.81. The molecule has 26 heavy (non-hydrogen) atoms. The number of hydrogen-bond donors (Lipinski definition) is 3. The Balaban J connectivity index is 1.71. The minimum atomic E-state index is -0.356. The van der Waals surface area contributed by atoms with Crippen molar-refractivity contribution in [1.82, 2.24) is 15.0 Å². The van der Waals surface area contributed by atoms with E-state index >= 15 is 0 Å². The predicted molar refractivity (Wildman–Crippen MR) is 98.5 cm³/mol. The lowest BCUT2D eigenvalue weighted by atomic mass is 10.1. The van der Waals surface area contributed by atoms with Gasteiger partial charge in [0.2, 0.25) is 0 Å². The number of fused-ring (bicyclic) bond motifs is 1. The largest absolute Gasteiger partial charge is 0.503 e. The molecule has 128 valence electrons. The van der Waals surface area contributed by atoms with Gasteiger partial charge in [0.1, 0.15) is 23.7 Å². The average Bonchev–Trinajstić information content (AvgIpc) is 2.64. The van der Waals surface area contributed by atoms with Gasteiger partial charge in [-0.25, -0.2) is 19.3 Å². The molecule has 6 nitrogen and oxygen atoms in total. The third-order valence-electron chi connectivity index (χ3n) is 4.00. The zero-order valence-electron chi connectivity index (χ0n) is 13.5. The summed E-state index contributed by atoms with van der Waals surface area (Å²) < 4.78 is 13.1. The summed E-state index contributed by atoms with van der Waals surface area (Å²) in [7, 11) is 0. The van der Waals surface area contributed by atoms with E-state index in [1.807, 2.05) is 24.3 Å². The van der Waals surface area contributed by atoms with Crippen LogP contribution in [0.5, 0.6) is 5.75 Å². The number of anilines is 3. The maximum absolute atomic E-state index is 13.1. The van der Waals surface area contributed by atoms with Crippen molar-refractivity contribution in [2.24, 2.45) is 0 Å². The number of nitrogens with two attached hydrogens (primary N) is 1. The van der Waals surface area contributed by atoms with Gasteiger partial charge in [-0.3, -0.25) is 0 Å². The molecule has 0 unspecified atom stereocenters. The maximum atomic E-state index is 13.1. The molecule has 2 heterocycles. The van der Waals surface area contributed by atoms with Crippen molar-refractivity contribution in [1.29, 1.82) is 0 Å². The standard InChI is InChI=1S/C19H14FN5O/c20-13-3-1-11(2-4-13)16-17(26)19(24-10-23-16)25-14-5-6-15-12(9-14)7-8-22-18(15)21/h1-10,26H,(H2,21,22)(H,23,24,25). The van der Waals surface area contributed by atoms with Crippen LogP contribution in [0, 0.1) is 5.82 Å². The molecule has 0 bridgehead atoms. The van der Waals surface area contributed by atoms with Crippen molar-refractivity contribution in [3.05, 3.63) is 66.9 Å². The number of nitrogen functional groups attached to an aromatic ring is 1. The van der Waals surface area contributed by atoms with Crippen molar-refractivity contribution in [2.45, 2.75) is 0 Å². The second-order valence-electron chi connectivity index (χ2n) is 5.68. The summed E-state index contributed by atoms with van der Waals surface area (Å²) in [4.78, 5) is 12.2. The molecule has 0 aliphatic heterocycles. The fourth-order valence-electron chi connectivity index (χ4n) is 2.71. The van der Waals surface area contributed by atoms with Crippen LogP contribution in [0.2, 0.25) is 0 Å². The van der Waals surface area contributed by atoms with Gasteiger partial charge in [0.25, 0.3) is 0 Å². The highest BCUT2D eigenvalue weighted by Crippen LogP contribution is 2.34. The summed E-state index contributed by atoms with van der Waals surface area (Å²) in [6, 6.07) is 13.1. The topological polar surface area (TPSA) is 97.0 Å². The van der Waals surface area contributed by atoms with Crippen molar-refractivity contribution in [3.63, 3.8) is 0 Å². The van der Waals surface area contributed by atoms with E-state index in [9.17, 15) is 9.50 Å². The summed E-state index contributed by atoms with van der Waals surface area (Å²) >= 11 is 0. The van der Waals surface area contributed by atoms with Gasteiger partial charge in [0.15, 0.2) is 11.6 Å². The molecule has 4 N–H and O–H groups in total. The molecule has 0 spiro atoms. The van der Waals surface area contributed by atoms with Crippen molar-refractivity contribution < 1.29 is 9.50 Å². The summed E-state index contributed by atoms with van der Waals surface area (Å²) in [5.74, 6) is 0.234. The number of pyridine rings is 1. The summed E-state index contributed by atoms with van der Waals surface area (Å²) in [6.45, 7) is 0. The van der Waals surface area contributed by atoms with Crippen LogP contribution in [0.3, 0.4) is 0 Å². The molecule has 4 aromatic rings. The van der Waals surface area contributed by atoms with Crippen LogP contribution >= 0.6 is 0 Å². The molecule has 4 rings (SSSR count). The lowest BCUT2D eigenvalue weighted by molar-refractivity contribution is 0.475. The molecule has 0 saturated heterocycles. The number of hydrogen-bond acceptors (Lipinski definition) is 6. The zero-order chi connectivity index (χ0) is 18.1. The van der Waals surface area contributed by atoms with Crippen LogP contribution in [0.25, 0.3) is 22.0 Å². The maximum Gasteiger partial charge on any atom is 0.185 e. The first-order valence-electron chi connectivity index (χ1n) is 7.83. The third-order valence-corrected chi connectivity index (χ3v) is 4.00. The van der Waals surface area contributed by atoms with E-state index in [1.165, 1.54) is 18.5 Å². The molecule has 0 aliphatic rings. The smallest absolute Gasteiger partial charge is 0.185 e. The molecular formula is C19H14FN5O. The number of nitrogens with zero attached hydrogens (tertiary/aromatic N) is 3. The lowest BCUT2D eigenvalue weighted by Gasteiger charge is -2.11. The highest BCUT2D eigenvalue weighted by atomic mass is 19.1. The van der Waals surface area contributed by atoms with Crippen LogP contribution in [-0.2, 0) is 0 Å². The minimum Gasteiger partial charge on any atom is -0.503 e. The molecule has 2 aromatic heterocycles. The molecule has 0 fully saturated rings. The first-order valence-corrected chi connectivity index (χ1v) is 7.83. The van der Waals surface area contributed by atoms with Crippen molar-refractivity contribution >= 4 is 28.1 Å². The van der Waals surface area contributed by atoms with E-state index in [1.54, 1.807) is 18.3 Å². The van der Waals surface area contributed by atoms with Gasteiger partial charge in [-0.2, -0.15) is 0 Å². The molecule has 0 aliphatic carbocycles. The van der Waals surface area contributed by atoms with Gasteiger partial charge < -0.3 is 16.2 Å². The summed E-state index contributed by atoms with van der Waals surface area (Å²) in [5, 5.41) is 15.3. The molecule has 0 saturated carbocycles. The molecule has 0 radical (unpaired) electrons. The van der Waals surface area contributed by atoms with Gasteiger partial charge >= 0.3 is 0 Å². The van der Waals surface area contributed by atoms with Crippen molar-refractivity contribution in [2.75, 3.05) is 11.1 Å². The molecular weight excluding hydrogens is 333 g/mol. The Bertz CT molecular complexity index is 1100. The second-order valence-corrected chi connectivity index (χ2v) is 5.68. The van der Waals surface area contributed by atoms with Gasteiger partial charge in [-0.1, -0.05) is 0 Å². The number of halogens is 1. The van der Waals surface area contributed by atoms with Gasteiger partial charge in [-0.05, 0) is 53.9 Å². The Hall–Kier alpha value is -3.74. The lowest BCUT2D eigenvalue weighted by Crippen LogP contribution is -1.98. The predicted octanol–water partition coefficient (Wildman–Crippen LogP) is 3.86. The number of aromatic hydroxyl groups is 1. The normalized spacial score (nSPS) is 10.8. The zero-order valence-corrected chi connectivity index (χ0v) is 13.5. The monoisotopic (exact) mass is 347 g/mol. The Morgan fingerprint density at radius 3 is 2.58 bits per heavy atom. The van der Waals surface area contributed by atoms with Crippen LogP contribution in [-0.4, -0.2) is 20.1 Å². The van der Waals surface area contributed by atoms with Gasteiger partial charge in [0, 0.05) is 22.8 Å². The van der Waals surface area contributed by atoms with Crippen LogP contribution in [0.1, 0.15) is 0 Å². The Labute approximate surface area is 148 Å². The number of benzene rings is 2. The quantitative estimate of drug-likeness (QED) is 0.521. The number of nitrogens with one attached hydrogen (secondary N) is 1. The number of rotatable bonds is 3. The molecule has 0 amide bonds. The number of aromatic nitrogens is 3. The molecule has 7 heteroatoms. The highest BCUT2D eigenvalue weighted by molar-refractivity contribution is 5.93. The second kappa shape index (κ2) is 6.29. The first-order chi connectivity index (χ1) is 12.6. The summed E-state index contributed by atoms with van der Waals surface area (Å²) in [6.07, 6.45) is 2.97. The van der Waals surface area contributed by atoms with Crippen molar-refractivity contribution in [3.8, 4) is 17.0 Å². The van der Waals surface area contributed by atoms with Gasteiger partial charge in [0.05, 0.1) is 0 Å². The van der Waals surface area contributed by atoms with Crippen LogP contribution in [0.15, 0.2) is 61.1 Å². The first kappa shape index (κ1) is 15.8. The van der Waals surface area contributed by atoms with E-state index < -0.39 is 0 Å². The van der Waals surface area contributed by atoms with Gasteiger partial charge in [-0.15, -0.1) is 0 Å².